The number of hydrogen-bond donors (Lipinski definition) is 1. The highest BCUT2D eigenvalue weighted by Gasteiger charge is 2.24. The van der Waals surface area contributed by atoms with E-state index in [1.807, 2.05) is 36.3 Å². The van der Waals surface area contributed by atoms with Gasteiger partial charge in [0.1, 0.15) is 0 Å². The van der Waals surface area contributed by atoms with E-state index in [-0.39, 0.29) is 12.1 Å². The molecule has 3 rings (SSSR count). The number of halogens is 1. The third-order valence-corrected chi connectivity index (χ3v) is 4.14. The first-order chi connectivity index (χ1) is 10.1. The molecule has 2 aromatic carbocycles. The lowest BCUT2D eigenvalue weighted by Crippen LogP contribution is -2.32. The van der Waals surface area contributed by atoms with Gasteiger partial charge in [-0.1, -0.05) is 48.0 Å². The molecule has 0 radical (unpaired) electrons. The van der Waals surface area contributed by atoms with Gasteiger partial charge < -0.3 is 5.73 Å². The molecule has 0 bridgehead atoms. The summed E-state index contributed by atoms with van der Waals surface area (Å²) in [7, 11) is 0. The Hall–Kier alpha value is -1.39. The second kappa shape index (κ2) is 6.16. The first-order valence-corrected chi connectivity index (χ1v) is 7.51. The zero-order valence-electron chi connectivity index (χ0n) is 12.0. The van der Waals surface area contributed by atoms with Gasteiger partial charge in [-0.15, -0.1) is 0 Å². The standard InChI is InChI=1S/C17H19ClN2O/c1-12(17(19)13-6-8-16(18)9-7-13)21-20-10-14-4-2-3-5-15(14)11-20/h2-9,12,17H,10-11,19H2,1H3/t12-,17+/m1/s1. The fourth-order valence-corrected chi connectivity index (χ4v) is 2.76. The molecule has 1 aliphatic rings. The average Bonchev–Trinajstić information content (AvgIpc) is 2.89. The van der Waals surface area contributed by atoms with E-state index in [4.69, 9.17) is 22.2 Å². The number of hydroxylamine groups is 2. The predicted octanol–water partition coefficient (Wildman–Crippen LogP) is 3.68. The minimum atomic E-state index is -0.175. The zero-order valence-corrected chi connectivity index (χ0v) is 12.8. The second-order valence-electron chi connectivity index (χ2n) is 5.45. The van der Waals surface area contributed by atoms with E-state index < -0.39 is 0 Å². The van der Waals surface area contributed by atoms with Crippen molar-refractivity contribution in [2.75, 3.05) is 0 Å². The number of rotatable bonds is 4. The smallest absolute Gasteiger partial charge is 0.0957 e. The van der Waals surface area contributed by atoms with Crippen LogP contribution >= 0.6 is 11.6 Å². The molecule has 110 valence electrons. The number of benzene rings is 2. The molecule has 0 unspecified atom stereocenters. The van der Waals surface area contributed by atoms with Crippen LogP contribution in [-0.4, -0.2) is 11.2 Å². The lowest BCUT2D eigenvalue weighted by atomic mass is 10.0. The largest absolute Gasteiger partial charge is 0.322 e. The average molecular weight is 303 g/mol. The molecule has 0 aromatic heterocycles. The zero-order chi connectivity index (χ0) is 14.8. The first-order valence-electron chi connectivity index (χ1n) is 7.13. The third-order valence-electron chi connectivity index (χ3n) is 3.89. The van der Waals surface area contributed by atoms with Crippen molar-refractivity contribution in [1.82, 2.24) is 5.06 Å². The van der Waals surface area contributed by atoms with Crippen LogP contribution in [0.25, 0.3) is 0 Å². The summed E-state index contributed by atoms with van der Waals surface area (Å²) >= 11 is 5.90. The summed E-state index contributed by atoms with van der Waals surface area (Å²) in [6, 6.07) is 15.8. The lowest BCUT2D eigenvalue weighted by molar-refractivity contribution is -0.205. The quantitative estimate of drug-likeness (QED) is 0.936. The Kier molecular flexibility index (Phi) is 4.27. The maximum absolute atomic E-state index is 6.28. The summed E-state index contributed by atoms with van der Waals surface area (Å²) in [5.41, 5.74) is 9.96. The van der Waals surface area contributed by atoms with E-state index >= 15 is 0 Å². The molecular weight excluding hydrogens is 284 g/mol. The van der Waals surface area contributed by atoms with Crippen molar-refractivity contribution in [2.45, 2.75) is 32.2 Å². The molecular formula is C17H19ClN2O. The Morgan fingerprint density at radius 2 is 1.62 bits per heavy atom. The van der Waals surface area contributed by atoms with Gasteiger partial charge in [0.25, 0.3) is 0 Å². The molecule has 4 heteroatoms. The SMILES string of the molecule is C[C@@H](ON1Cc2ccccc2C1)[C@H](N)c1ccc(Cl)cc1. The molecule has 1 aliphatic heterocycles. The van der Waals surface area contributed by atoms with Gasteiger partial charge in [0.15, 0.2) is 0 Å². The molecule has 2 atom stereocenters. The molecule has 2 aromatic rings. The maximum Gasteiger partial charge on any atom is 0.0957 e. The van der Waals surface area contributed by atoms with Crippen LogP contribution in [0.2, 0.25) is 5.02 Å². The van der Waals surface area contributed by atoms with Crippen LogP contribution in [-0.2, 0) is 17.9 Å². The van der Waals surface area contributed by atoms with Crippen molar-refractivity contribution < 1.29 is 4.84 Å². The minimum Gasteiger partial charge on any atom is -0.322 e. The normalized spacial score (nSPS) is 17.5. The van der Waals surface area contributed by atoms with E-state index in [1.165, 1.54) is 11.1 Å². The molecule has 3 nitrogen and oxygen atoms in total. The monoisotopic (exact) mass is 302 g/mol. The Labute approximate surface area is 130 Å². The molecule has 1 heterocycles. The third kappa shape index (κ3) is 3.27. The topological polar surface area (TPSA) is 38.5 Å². The van der Waals surface area contributed by atoms with Crippen molar-refractivity contribution in [1.29, 1.82) is 0 Å². The van der Waals surface area contributed by atoms with Crippen molar-refractivity contribution >= 4 is 11.6 Å². The van der Waals surface area contributed by atoms with Crippen LogP contribution in [0.3, 0.4) is 0 Å². The summed E-state index contributed by atoms with van der Waals surface area (Å²) in [6.45, 7) is 3.63. The van der Waals surface area contributed by atoms with Crippen LogP contribution in [0.1, 0.15) is 29.7 Å². The highest BCUT2D eigenvalue weighted by atomic mass is 35.5. The van der Waals surface area contributed by atoms with E-state index in [9.17, 15) is 0 Å². The van der Waals surface area contributed by atoms with Gasteiger partial charge in [0.05, 0.1) is 12.1 Å². The maximum atomic E-state index is 6.28. The summed E-state index contributed by atoms with van der Waals surface area (Å²) in [6.07, 6.45) is -0.0968. The van der Waals surface area contributed by atoms with E-state index in [0.717, 1.165) is 23.7 Å². The van der Waals surface area contributed by atoms with E-state index in [2.05, 4.69) is 24.3 Å². The van der Waals surface area contributed by atoms with Gasteiger partial charge in [-0.2, -0.15) is 5.06 Å². The van der Waals surface area contributed by atoms with Crippen molar-refractivity contribution in [3.8, 4) is 0 Å². The molecule has 0 aliphatic carbocycles. The highest BCUT2D eigenvalue weighted by Crippen LogP contribution is 2.26. The molecule has 0 spiro atoms. The fourth-order valence-electron chi connectivity index (χ4n) is 2.63. The summed E-state index contributed by atoms with van der Waals surface area (Å²) in [5.74, 6) is 0. The minimum absolute atomic E-state index is 0.0968. The van der Waals surface area contributed by atoms with E-state index in [0.29, 0.717) is 0 Å². The predicted molar refractivity (Wildman–Crippen MR) is 84.6 cm³/mol. The van der Waals surface area contributed by atoms with Gasteiger partial charge in [-0.3, -0.25) is 4.84 Å². The molecule has 2 N–H and O–H groups in total. The number of hydrogen-bond acceptors (Lipinski definition) is 3. The highest BCUT2D eigenvalue weighted by molar-refractivity contribution is 6.30. The fraction of sp³-hybridized carbons (Fsp3) is 0.294. The Bertz CT molecular complexity index is 589. The van der Waals surface area contributed by atoms with Crippen LogP contribution in [0.15, 0.2) is 48.5 Å². The molecule has 0 fully saturated rings. The lowest BCUT2D eigenvalue weighted by Gasteiger charge is -2.25. The van der Waals surface area contributed by atoms with Gasteiger partial charge in [-0.05, 0) is 35.7 Å². The molecule has 0 saturated heterocycles. The summed E-state index contributed by atoms with van der Waals surface area (Å²) < 4.78 is 0. The second-order valence-corrected chi connectivity index (χ2v) is 5.89. The first kappa shape index (κ1) is 14.5. The molecule has 21 heavy (non-hydrogen) atoms. The van der Waals surface area contributed by atoms with Gasteiger partial charge in [0.2, 0.25) is 0 Å². The Balaban J connectivity index is 1.62. The van der Waals surface area contributed by atoms with Gasteiger partial charge >= 0.3 is 0 Å². The molecule has 0 saturated carbocycles. The van der Waals surface area contributed by atoms with Crippen molar-refractivity contribution in [3.63, 3.8) is 0 Å². The van der Waals surface area contributed by atoms with Crippen LogP contribution in [0, 0.1) is 0 Å². The van der Waals surface area contributed by atoms with Crippen LogP contribution in [0.5, 0.6) is 0 Å². The van der Waals surface area contributed by atoms with Crippen LogP contribution < -0.4 is 5.73 Å². The van der Waals surface area contributed by atoms with Gasteiger partial charge in [-0.25, -0.2) is 0 Å². The van der Waals surface area contributed by atoms with Crippen molar-refractivity contribution in [2.24, 2.45) is 5.73 Å². The Morgan fingerprint density at radius 1 is 1.05 bits per heavy atom. The van der Waals surface area contributed by atoms with Crippen LogP contribution in [0.4, 0.5) is 0 Å². The van der Waals surface area contributed by atoms with Crippen molar-refractivity contribution in [3.05, 3.63) is 70.2 Å². The summed E-state index contributed by atoms with van der Waals surface area (Å²) in [5, 5.41) is 2.69. The Morgan fingerprint density at radius 3 is 2.19 bits per heavy atom. The number of fused-ring (bicyclic) bond motifs is 1. The summed E-state index contributed by atoms with van der Waals surface area (Å²) in [4.78, 5) is 6.02. The number of nitrogens with zero attached hydrogens (tertiary/aromatic N) is 1. The van der Waals surface area contributed by atoms with Gasteiger partial charge in [0, 0.05) is 18.1 Å². The van der Waals surface area contributed by atoms with E-state index in [1.54, 1.807) is 0 Å². The molecule has 0 amide bonds. The number of nitrogens with two attached hydrogens (primary N) is 1.